The first-order chi connectivity index (χ1) is 11.7. The quantitative estimate of drug-likeness (QED) is 0.648. The molecule has 2 aromatic heterocycles. The zero-order valence-electron chi connectivity index (χ0n) is 13.4. The number of benzene rings is 1. The van der Waals surface area contributed by atoms with Gasteiger partial charge in [-0.3, -0.25) is 4.68 Å². The molecule has 0 unspecified atom stereocenters. The third-order valence-corrected chi connectivity index (χ3v) is 3.44. The van der Waals surface area contributed by atoms with Gasteiger partial charge in [-0.05, 0) is 37.3 Å². The average molecular weight is 327 g/mol. The van der Waals surface area contributed by atoms with Gasteiger partial charge in [-0.15, -0.1) is 0 Å². The number of rotatable bonds is 6. The number of hydrogen-bond donors (Lipinski definition) is 0. The Kier molecular flexibility index (Phi) is 4.60. The number of esters is 1. The number of carbonyl (C=O) groups excluding carboxylic acids is 1. The molecule has 0 N–H and O–H groups in total. The highest BCUT2D eigenvalue weighted by Crippen LogP contribution is 2.24. The molecular weight excluding hydrogens is 310 g/mol. The van der Waals surface area contributed by atoms with Gasteiger partial charge in [0.15, 0.2) is 5.69 Å². The highest BCUT2D eigenvalue weighted by atomic mass is 16.5. The van der Waals surface area contributed by atoms with Gasteiger partial charge >= 0.3 is 5.97 Å². The van der Waals surface area contributed by atoms with Crippen LogP contribution >= 0.6 is 0 Å². The summed E-state index contributed by atoms with van der Waals surface area (Å²) >= 11 is 0. The summed E-state index contributed by atoms with van der Waals surface area (Å²) in [5, 5.41) is 4.04. The Morgan fingerprint density at radius 3 is 2.75 bits per heavy atom. The Labute approximate surface area is 138 Å². The molecule has 124 valence electrons. The minimum absolute atomic E-state index is 0.182. The van der Waals surface area contributed by atoms with Crippen LogP contribution in [0.2, 0.25) is 0 Å². The van der Waals surface area contributed by atoms with Crippen LogP contribution in [-0.4, -0.2) is 34.5 Å². The van der Waals surface area contributed by atoms with Crippen molar-refractivity contribution in [3.05, 3.63) is 54.2 Å². The zero-order valence-corrected chi connectivity index (χ0v) is 13.4. The maximum absolute atomic E-state index is 12.1. The van der Waals surface area contributed by atoms with Gasteiger partial charge in [-0.25, -0.2) is 9.78 Å². The predicted octanol–water partition coefficient (Wildman–Crippen LogP) is 2.71. The minimum Gasteiger partial charge on any atom is -0.497 e. The summed E-state index contributed by atoms with van der Waals surface area (Å²) in [6.07, 6.45) is 3.47. The predicted molar refractivity (Wildman–Crippen MR) is 85.7 cm³/mol. The largest absolute Gasteiger partial charge is 0.497 e. The van der Waals surface area contributed by atoms with Gasteiger partial charge in [0.25, 0.3) is 0 Å². The lowest BCUT2D eigenvalue weighted by Crippen LogP contribution is -2.12. The molecule has 3 aromatic rings. The lowest BCUT2D eigenvalue weighted by Gasteiger charge is -2.03. The first-order valence-corrected chi connectivity index (χ1v) is 7.44. The SMILES string of the molecule is COc1ccc(-c2nc(C(=O)OCCn3cccn3)c(C)o2)cc1. The molecule has 1 aromatic carbocycles. The van der Waals surface area contributed by atoms with Crippen molar-refractivity contribution in [2.75, 3.05) is 13.7 Å². The number of ether oxygens (including phenoxy) is 2. The molecule has 0 fully saturated rings. The molecule has 0 bridgehead atoms. The van der Waals surface area contributed by atoms with E-state index in [0.717, 1.165) is 11.3 Å². The topological polar surface area (TPSA) is 79.4 Å². The molecule has 0 amide bonds. The number of hydrogen-bond acceptors (Lipinski definition) is 6. The summed E-state index contributed by atoms with van der Waals surface area (Å²) in [5.74, 6) is 1.02. The molecule has 0 atom stereocenters. The second-order valence-electron chi connectivity index (χ2n) is 5.06. The highest BCUT2D eigenvalue weighted by Gasteiger charge is 2.19. The molecule has 0 saturated heterocycles. The van der Waals surface area contributed by atoms with Crippen LogP contribution in [-0.2, 0) is 11.3 Å². The van der Waals surface area contributed by atoms with E-state index in [1.165, 1.54) is 0 Å². The van der Waals surface area contributed by atoms with Gasteiger partial charge in [0, 0.05) is 18.0 Å². The fraction of sp³-hybridized carbons (Fsp3) is 0.235. The van der Waals surface area contributed by atoms with Crippen LogP contribution in [0, 0.1) is 6.92 Å². The molecule has 0 radical (unpaired) electrons. The second kappa shape index (κ2) is 6.99. The average Bonchev–Trinajstić information content (AvgIpc) is 3.24. The summed E-state index contributed by atoms with van der Waals surface area (Å²) in [5.41, 5.74) is 0.941. The van der Waals surface area contributed by atoms with E-state index in [0.29, 0.717) is 18.2 Å². The molecule has 0 aliphatic heterocycles. The molecule has 0 spiro atoms. The van der Waals surface area contributed by atoms with E-state index >= 15 is 0 Å². The normalized spacial score (nSPS) is 10.6. The van der Waals surface area contributed by atoms with Gasteiger partial charge in [0.2, 0.25) is 5.89 Å². The molecule has 2 heterocycles. The molecule has 0 saturated carbocycles. The summed E-state index contributed by atoms with van der Waals surface area (Å²) in [7, 11) is 1.60. The van der Waals surface area contributed by atoms with E-state index in [9.17, 15) is 4.79 Å². The number of oxazole rings is 1. The van der Waals surface area contributed by atoms with Crippen molar-refractivity contribution in [1.29, 1.82) is 0 Å². The first-order valence-electron chi connectivity index (χ1n) is 7.44. The molecular formula is C17H17N3O4. The van der Waals surface area contributed by atoms with Crippen molar-refractivity contribution in [3.8, 4) is 17.2 Å². The third kappa shape index (κ3) is 3.45. The maximum atomic E-state index is 12.1. The van der Waals surface area contributed by atoms with Crippen LogP contribution in [0.3, 0.4) is 0 Å². The van der Waals surface area contributed by atoms with Gasteiger partial charge < -0.3 is 13.9 Å². The summed E-state index contributed by atoms with van der Waals surface area (Å²) < 4.78 is 17.6. The Morgan fingerprint density at radius 1 is 1.29 bits per heavy atom. The third-order valence-electron chi connectivity index (χ3n) is 3.44. The molecule has 0 aliphatic rings. The minimum atomic E-state index is -0.511. The van der Waals surface area contributed by atoms with Crippen LogP contribution in [0.4, 0.5) is 0 Å². The number of carbonyl (C=O) groups is 1. The van der Waals surface area contributed by atoms with Crippen molar-refractivity contribution < 1.29 is 18.7 Å². The lowest BCUT2D eigenvalue weighted by atomic mass is 10.2. The van der Waals surface area contributed by atoms with E-state index in [2.05, 4.69) is 10.1 Å². The van der Waals surface area contributed by atoms with Crippen LogP contribution in [0.5, 0.6) is 5.75 Å². The monoisotopic (exact) mass is 327 g/mol. The second-order valence-corrected chi connectivity index (χ2v) is 5.06. The number of aromatic nitrogens is 3. The van der Waals surface area contributed by atoms with Crippen molar-refractivity contribution in [3.63, 3.8) is 0 Å². The van der Waals surface area contributed by atoms with Gasteiger partial charge in [0.1, 0.15) is 18.1 Å². The van der Waals surface area contributed by atoms with Crippen LogP contribution in [0.1, 0.15) is 16.2 Å². The van der Waals surface area contributed by atoms with Crippen molar-refractivity contribution in [2.24, 2.45) is 0 Å². The van der Waals surface area contributed by atoms with Crippen molar-refractivity contribution in [1.82, 2.24) is 14.8 Å². The number of methoxy groups -OCH3 is 1. The summed E-state index contributed by atoms with van der Waals surface area (Å²) in [4.78, 5) is 16.4. The van der Waals surface area contributed by atoms with Gasteiger partial charge in [-0.2, -0.15) is 5.10 Å². The van der Waals surface area contributed by atoms with Crippen LogP contribution in [0.25, 0.3) is 11.5 Å². The lowest BCUT2D eigenvalue weighted by molar-refractivity contribution is 0.0479. The Morgan fingerprint density at radius 2 is 2.08 bits per heavy atom. The van der Waals surface area contributed by atoms with E-state index in [4.69, 9.17) is 13.9 Å². The van der Waals surface area contributed by atoms with Gasteiger partial charge in [-0.1, -0.05) is 0 Å². The van der Waals surface area contributed by atoms with E-state index in [-0.39, 0.29) is 12.3 Å². The highest BCUT2D eigenvalue weighted by molar-refractivity contribution is 5.88. The molecule has 3 rings (SSSR count). The van der Waals surface area contributed by atoms with Crippen LogP contribution in [0.15, 0.2) is 47.1 Å². The smallest absolute Gasteiger partial charge is 0.360 e. The van der Waals surface area contributed by atoms with Crippen molar-refractivity contribution in [2.45, 2.75) is 13.5 Å². The summed E-state index contributed by atoms with van der Waals surface area (Å²) in [6, 6.07) is 9.05. The first kappa shape index (κ1) is 15.8. The number of nitrogens with zero attached hydrogens (tertiary/aromatic N) is 3. The van der Waals surface area contributed by atoms with E-state index < -0.39 is 5.97 Å². The Hall–Kier alpha value is -3.09. The standard InChI is InChI=1S/C17H17N3O4/c1-12-15(17(21)23-11-10-20-9-3-8-18-20)19-16(24-12)13-4-6-14(22-2)7-5-13/h3-9H,10-11H2,1-2H3. The molecule has 7 heteroatoms. The Balaban J connectivity index is 1.67. The van der Waals surface area contributed by atoms with E-state index in [1.807, 2.05) is 18.2 Å². The number of aryl methyl sites for hydroxylation is 1. The van der Waals surface area contributed by atoms with Crippen molar-refractivity contribution >= 4 is 5.97 Å². The van der Waals surface area contributed by atoms with E-state index in [1.54, 1.807) is 43.2 Å². The fourth-order valence-corrected chi connectivity index (χ4v) is 2.18. The van der Waals surface area contributed by atoms with Gasteiger partial charge in [0.05, 0.1) is 13.7 Å². The molecule has 0 aliphatic carbocycles. The van der Waals surface area contributed by atoms with Crippen LogP contribution < -0.4 is 4.74 Å². The zero-order chi connectivity index (χ0) is 16.9. The summed E-state index contributed by atoms with van der Waals surface area (Å²) in [6.45, 7) is 2.38. The molecule has 24 heavy (non-hydrogen) atoms. The fourth-order valence-electron chi connectivity index (χ4n) is 2.18. The Bertz CT molecular complexity index is 807. The maximum Gasteiger partial charge on any atom is 0.360 e. The molecule has 7 nitrogen and oxygen atoms in total.